The van der Waals surface area contributed by atoms with Crippen LogP contribution >= 0.6 is 0 Å². The van der Waals surface area contributed by atoms with Gasteiger partial charge in [0.05, 0.1) is 18.4 Å². The second-order valence-corrected chi connectivity index (χ2v) is 9.72. The van der Waals surface area contributed by atoms with E-state index in [-0.39, 0.29) is 30.2 Å². The molecule has 0 aliphatic rings. The molecule has 2 aromatic heterocycles. The average molecular weight is 525 g/mol. The molecule has 10 heteroatoms. The Kier molecular flexibility index (Phi) is 14.5. The maximum absolute atomic E-state index is 12.5. The number of carbonyl (C=O) groups excluding carboxylic acids is 1. The van der Waals surface area contributed by atoms with Gasteiger partial charge in [-0.05, 0) is 13.3 Å². The molecule has 0 fully saturated rings. The van der Waals surface area contributed by atoms with Crippen LogP contribution in [0.2, 0.25) is 0 Å². The van der Waals surface area contributed by atoms with Crippen LogP contribution in [0.4, 0.5) is 0 Å². The molecule has 0 amide bonds. The summed E-state index contributed by atoms with van der Waals surface area (Å²) < 4.78 is 16.3. The zero-order chi connectivity index (χ0) is 27.0. The van der Waals surface area contributed by atoms with Crippen molar-refractivity contribution in [3.05, 3.63) is 36.2 Å². The minimum absolute atomic E-state index is 0.0105. The normalized spacial score (nSPS) is 15.7. The van der Waals surface area contributed by atoms with Gasteiger partial charge in [-0.25, -0.2) is 9.97 Å². The Morgan fingerprint density at radius 2 is 1.57 bits per heavy atom. The van der Waals surface area contributed by atoms with Crippen molar-refractivity contribution in [2.45, 2.75) is 128 Å². The number of aliphatic hydroxyl groups excluding tert-OH is 4. The molecule has 0 spiro atoms. The third-order valence-electron chi connectivity index (χ3n) is 6.40. The summed E-state index contributed by atoms with van der Waals surface area (Å²) in [6.07, 6.45) is 10.5. The van der Waals surface area contributed by atoms with E-state index in [4.69, 9.17) is 13.6 Å². The van der Waals surface area contributed by atoms with E-state index in [2.05, 4.69) is 16.9 Å². The number of hydrogen-bond acceptors (Lipinski definition) is 10. The highest BCUT2D eigenvalue weighted by atomic mass is 16.6. The van der Waals surface area contributed by atoms with Crippen molar-refractivity contribution in [2.75, 3.05) is 0 Å². The first-order valence-corrected chi connectivity index (χ1v) is 13.6. The maximum atomic E-state index is 12.5. The number of esters is 1. The number of aromatic nitrogens is 2. The fraction of sp³-hybridized carbons (Fsp3) is 0.741. The summed E-state index contributed by atoms with van der Waals surface area (Å²) in [6.45, 7) is 3.56. The molecule has 0 aromatic carbocycles. The zero-order valence-electron chi connectivity index (χ0n) is 22.1. The Labute approximate surface area is 219 Å². The minimum Gasteiger partial charge on any atom is -0.445 e. The predicted octanol–water partition coefficient (Wildman–Crippen LogP) is 4.52. The molecule has 0 aliphatic heterocycles. The number of oxazole rings is 2. The summed E-state index contributed by atoms with van der Waals surface area (Å²) in [5.74, 6) is -0.212. The summed E-state index contributed by atoms with van der Waals surface area (Å²) in [4.78, 5) is 20.6. The average Bonchev–Trinajstić information content (AvgIpc) is 3.58. The molecule has 10 nitrogen and oxygen atoms in total. The van der Waals surface area contributed by atoms with Gasteiger partial charge >= 0.3 is 5.97 Å². The van der Waals surface area contributed by atoms with Gasteiger partial charge in [0.15, 0.2) is 12.2 Å². The van der Waals surface area contributed by atoms with Crippen molar-refractivity contribution in [1.82, 2.24) is 9.97 Å². The summed E-state index contributed by atoms with van der Waals surface area (Å²) in [7, 11) is 0. The van der Waals surface area contributed by atoms with Gasteiger partial charge < -0.3 is 34.0 Å². The molecule has 2 heterocycles. The molecule has 0 saturated carbocycles. The van der Waals surface area contributed by atoms with Crippen molar-refractivity contribution in [1.29, 1.82) is 0 Å². The summed E-state index contributed by atoms with van der Waals surface area (Å²) in [5, 5.41) is 39.5. The van der Waals surface area contributed by atoms with Gasteiger partial charge in [0.2, 0.25) is 12.0 Å². The number of rotatable bonds is 20. The first kappa shape index (κ1) is 31.0. The molecule has 5 atom stereocenters. The lowest BCUT2D eigenvalue weighted by atomic mass is 10.0. The quantitative estimate of drug-likeness (QED) is 0.143. The van der Waals surface area contributed by atoms with Crippen molar-refractivity contribution >= 4 is 5.97 Å². The lowest BCUT2D eigenvalue weighted by Crippen LogP contribution is -2.36. The van der Waals surface area contributed by atoms with Crippen LogP contribution in [0.5, 0.6) is 0 Å². The zero-order valence-corrected chi connectivity index (χ0v) is 22.1. The Morgan fingerprint density at radius 1 is 0.946 bits per heavy atom. The van der Waals surface area contributed by atoms with Crippen LogP contribution in [0.15, 0.2) is 27.7 Å². The Bertz CT molecular complexity index is 854. The minimum atomic E-state index is -1.42. The first-order valence-electron chi connectivity index (χ1n) is 13.6. The van der Waals surface area contributed by atoms with E-state index in [0.29, 0.717) is 0 Å². The van der Waals surface area contributed by atoms with Gasteiger partial charge in [0.1, 0.15) is 24.2 Å². The summed E-state index contributed by atoms with van der Waals surface area (Å²) >= 11 is 0. The predicted molar refractivity (Wildman–Crippen MR) is 135 cm³/mol. The highest BCUT2D eigenvalue weighted by Gasteiger charge is 2.30. The van der Waals surface area contributed by atoms with E-state index in [9.17, 15) is 25.2 Å². The largest absolute Gasteiger partial charge is 0.445 e. The lowest BCUT2D eigenvalue weighted by molar-refractivity contribution is -0.149. The molecule has 0 bridgehead atoms. The SMILES string of the molecule is CCCCCCCCCCCCCC(=O)O[C@H](c1cnco1)c1nc([C@@H](O)C[C@@H](O)[C@@H](O)[C@@H](C)O)co1. The highest BCUT2D eigenvalue weighted by Crippen LogP contribution is 2.29. The van der Waals surface area contributed by atoms with Gasteiger partial charge in [-0.3, -0.25) is 4.79 Å². The molecule has 0 aliphatic carbocycles. The third-order valence-corrected chi connectivity index (χ3v) is 6.40. The number of carbonyl (C=O) groups is 1. The van der Waals surface area contributed by atoms with Gasteiger partial charge in [-0.2, -0.15) is 0 Å². The first-order chi connectivity index (χ1) is 17.8. The van der Waals surface area contributed by atoms with Crippen LogP contribution in [-0.4, -0.2) is 54.7 Å². The smallest absolute Gasteiger partial charge is 0.307 e. The van der Waals surface area contributed by atoms with Crippen LogP contribution < -0.4 is 0 Å². The molecular formula is C27H44N2O8. The van der Waals surface area contributed by atoms with Gasteiger partial charge in [0.25, 0.3) is 0 Å². The van der Waals surface area contributed by atoms with Crippen LogP contribution in [0, 0.1) is 0 Å². The molecule has 2 rings (SSSR count). The van der Waals surface area contributed by atoms with Gasteiger partial charge in [0, 0.05) is 12.8 Å². The fourth-order valence-corrected chi connectivity index (χ4v) is 4.09. The van der Waals surface area contributed by atoms with Crippen LogP contribution in [0.1, 0.15) is 127 Å². The maximum Gasteiger partial charge on any atom is 0.307 e. The van der Waals surface area contributed by atoms with Crippen LogP contribution in [0.25, 0.3) is 0 Å². The number of unbranched alkanes of at least 4 members (excludes halogenated alkanes) is 10. The molecular weight excluding hydrogens is 480 g/mol. The van der Waals surface area contributed by atoms with E-state index in [0.717, 1.165) is 19.3 Å². The lowest BCUT2D eigenvalue weighted by Gasteiger charge is -2.21. The van der Waals surface area contributed by atoms with E-state index >= 15 is 0 Å². The Morgan fingerprint density at radius 3 is 2.14 bits per heavy atom. The Balaban J connectivity index is 1.79. The fourth-order valence-electron chi connectivity index (χ4n) is 4.09. The van der Waals surface area contributed by atoms with Gasteiger partial charge in [-0.15, -0.1) is 0 Å². The standard InChI is InChI=1S/C27H44N2O8/c1-3-4-5-6-7-8-9-10-11-12-13-14-24(33)37-26(23-16-28-18-36-23)27-29-20(17-35-27)21(31)15-22(32)25(34)19(2)30/h16-19,21-22,25-26,30-32,34H,3-15H2,1-2H3/t19-,21+,22-,25+,26-/m1/s1. The Hall–Kier alpha value is -2.27. The monoisotopic (exact) mass is 524 g/mol. The van der Waals surface area contributed by atoms with E-state index in [1.54, 1.807) is 0 Å². The van der Waals surface area contributed by atoms with Gasteiger partial charge in [-0.1, -0.05) is 71.1 Å². The molecule has 210 valence electrons. The molecule has 0 radical (unpaired) electrons. The topological polar surface area (TPSA) is 159 Å². The van der Waals surface area contributed by atoms with Crippen molar-refractivity contribution < 1.29 is 38.8 Å². The number of ether oxygens (including phenoxy) is 1. The number of hydrogen-bond donors (Lipinski definition) is 4. The van der Waals surface area contributed by atoms with E-state index in [1.165, 1.54) is 77.1 Å². The molecule has 4 N–H and O–H groups in total. The third kappa shape index (κ3) is 11.3. The molecule has 0 unspecified atom stereocenters. The van der Waals surface area contributed by atoms with E-state index in [1.807, 2.05) is 0 Å². The van der Waals surface area contributed by atoms with Crippen LogP contribution in [0.3, 0.4) is 0 Å². The summed E-state index contributed by atoms with van der Waals surface area (Å²) in [6, 6.07) is 0. The number of aliphatic hydroxyl groups is 4. The van der Waals surface area contributed by atoms with Crippen molar-refractivity contribution in [2.24, 2.45) is 0 Å². The second-order valence-electron chi connectivity index (χ2n) is 9.72. The highest BCUT2D eigenvalue weighted by molar-refractivity contribution is 5.69. The molecule has 2 aromatic rings. The summed E-state index contributed by atoms with van der Waals surface area (Å²) in [5.41, 5.74) is 0.0813. The van der Waals surface area contributed by atoms with Crippen molar-refractivity contribution in [3.8, 4) is 0 Å². The molecule has 0 saturated heterocycles. The molecule has 37 heavy (non-hydrogen) atoms. The van der Waals surface area contributed by atoms with E-state index < -0.39 is 36.5 Å². The van der Waals surface area contributed by atoms with Crippen molar-refractivity contribution in [3.63, 3.8) is 0 Å². The van der Waals surface area contributed by atoms with Crippen LogP contribution in [-0.2, 0) is 9.53 Å². The second kappa shape index (κ2) is 17.3. The number of nitrogens with zero attached hydrogens (tertiary/aromatic N) is 2.